The van der Waals surface area contributed by atoms with Gasteiger partial charge in [-0.2, -0.15) is 9.97 Å². The average Bonchev–Trinajstić information content (AvgIpc) is 2.38. The van der Waals surface area contributed by atoms with E-state index in [0.717, 1.165) is 22.4 Å². The molecule has 100 valence electrons. The Morgan fingerprint density at radius 3 is 2.26 bits per heavy atom. The molecule has 0 amide bonds. The van der Waals surface area contributed by atoms with Gasteiger partial charge in [-0.25, -0.2) is 0 Å². The Balaban J connectivity index is 2.41. The maximum absolute atomic E-state index is 5.72. The first-order chi connectivity index (χ1) is 9.01. The first-order valence-electron chi connectivity index (χ1n) is 5.81. The van der Waals surface area contributed by atoms with Crippen molar-refractivity contribution < 1.29 is 9.47 Å². The van der Waals surface area contributed by atoms with Crippen LogP contribution in [0.3, 0.4) is 0 Å². The summed E-state index contributed by atoms with van der Waals surface area (Å²) in [6, 6.07) is 4.28. The lowest BCUT2D eigenvalue weighted by Gasteiger charge is -2.12. The zero-order chi connectivity index (χ0) is 14.0. The number of rotatable bonds is 3. The predicted molar refractivity (Wildman–Crippen MR) is 71.5 cm³/mol. The van der Waals surface area contributed by atoms with Crippen LogP contribution in [0, 0.1) is 20.8 Å². The number of nitrogens with zero attached hydrogens (tertiary/aromatic N) is 3. The normalized spacial score (nSPS) is 10.3. The van der Waals surface area contributed by atoms with E-state index < -0.39 is 0 Å². The third-order valence-electron chi connectivity index (χ3n) is 2.86. The lowest BCUT2D eigenvalue weighted by atomic mass is 10.1. The number of aryl methyl sites for hydroxylation is 2. The molecule has 6 nitrogen and oxygen atoms in total. The fourth-order valence-electron chi connectivity index (χ4n) is 1.66. The molecule has 0 saturated heterocycles. The largest absolute Gasteiger partial charge is 0.467 e. The summed E-state index contributed by atoms with van der Waals surface area (Å²) in [6.07, 6.45) is 0. The summed E-state index contributed by atoms with van der Waals surface area (Å²) in [6.45, 7) is 5.97. The number of ether oxygens (including phenoxy) is 2. The minimum Gasteiger partial charge on any atom is -0.467 e. The first-order valence-corrected chi connectivity index (χ1v) is 5.81. The van der Waals surface area contributed by atoms with E-state index >= 15 is 0 Å². The van der Waals surface area contributed by atoms with Crippen LogP contribution in [0.5, 0.6) is 17.8 Å². The van der Waals surface area contributed by atoms with Gasteiger partial charge in [-0.1, -0.05) is 12.1 Å². The van der Waals surface area contributed by atoms with E-state index in [4.69, 9.17) is 15.2 Å². The van der Waals surface area contributed by atoms with Gasteiger partial charge in [0.15, 0.2) is 0 Å². The number of benzene rings is 1. The summed E-state index contributed by atoms with van der Waals surface area (Å²) >= 11 is 0. The molecule has 2 N–H and O–H groups in total. The summed E-state index contributed by atoms with van der Waals surface area (Å²) < 4.78 is 10.7. The number of nitrogen functional groups attached to an aromatic ring is 1. The molecule has 0 aliphatic carbocycles. The molecule has 1 heterocycles. The van der Waals surface area contributed by atoms with Crippen molar-refractivity contribution in [1.29, 1.82) is 0 Å². The molecule has 0 fully saturated rings. The topological polar surface area (TPSA) is 83.2 Å². The highest BCUT2D eigenvalue weighted by Gasteiger charge is 2.11. The van der Waals surface area contributed by atoms with Gasteiger partial charge in [-0.3, -0.25) is 0 Å². The van der Waals surface area contributed by atoms with Crippen LogP contribution < -0.4 is 15.2 Å². The van der Waals surface area contributed by atoms with Gasteiger partial charge in [0, 0.05) is 0 Å². The molecule has 0 bridgehead atoms. The molecule has 6 heteroatoms. The van der Waals surface area contributed by atoms with Crippen LogP contribution in [-0.4, -0.2) is 22.1 Å². The van der Waals surface area contributed by atoms with E-state index in [9.17, 15) is 0 Å². The smallest absolute Gasteiger partial charge is 0.330 e. The van der Waals surface area contributed by atoms with Crippen LogP contribution in [-0.2, 0) is 0 Å². The lowest BCUT2D eigenvalue weighted by Crippen LogP contribution is -2.04. The number of hydrogen-bond donors (Lipinski definition) is 1. The predicted octanol–water partition coefficient (Wildman–Crippen LogP) is 2.18. The molecular weight excluding hydrogens is 244 g/mol. The minimum atomic E-state index is 0.0600. The molecule has 0 saturated carbocycles. The minimum absolute atomic E-state index is 0.0600. The monoisotopic (exact) mass is 260 g/mol. The van der Waals surface area contributed by atoms with Crippen molar-refractivity contribution >= 4 is 5.95 Å². The fraction of sp³-hybridized carbons (Fsp3) is 0.308. The molecule has 0 unspecified atom stereocenters. The third kappa shape index (κ3) is 2.73. The maximum atomic E-state index is 5.72. The van der Waals surface area contributed by atoms with E-state index in [1.807, 2.05) is 32.9 Å². The van der Waals surface area contributed by atoms with Crippen LogP contribution in [0.15, 0.2) is 12.1 Å². The highest BCUT2D eigenvalue weighted by atomic mass is 16.5. The van der Waals surface area contributed by atoms with Crippen molar-refractivity contribution in [2.45, 2.75) is 20.8 Å². The number of nitrogens with two attached hydrogens (primary N) is 1. The van der Waals surface area contributed by atoms with Gasteiger partial charge in [-0.15, -0.1) is 4.98 Å². The van der Waals surface area contributed by atoms with Gasteiger partial charge in [0.1, 0.15) is 5.75 Å². The van der Waals surface area contributed by atoms with Crippen LogP contribution in [0.25, 0.3) is 0 Å². The molecule has 0 aliphatic rings. The number of anilines is 1. The Labute approximate surface area is 111 Å². The molecule has 2 rings (SSSR count). The summed E-state index contributed by atoms with van der Waals surface area (Å²) in [5, 5.41) is 0. The van der Waals surface area contributed by atoms with Crippen molar-refractivity contribution in [2.75, 3.05) is 12.8 Å². The summed E-state index contributed by atoms with van der Waals surface area (Å²) in [5.74, 6) is 0.789. The third-order valence-corrected chi connectivity index (χ3v) is 2.86. The number of aromatic nitrogens is 3. The zero-order valence-corrected chi connectivity index (χ0v) is 11.4. The van der Waals surface area contributed by atoms with E-state index in [-0.39, 0.29) is 18.0 Å². The van der Waals surface area contributed by atoms with Gasteiger partial charge < -0.3 is 15.2 Å². The zero-order valence-electron chi connectivity index (χ0n) is 11.4. The quantitative estimate of drug-likeness (QED) is 0.910. The molecular formula is C13H16N4O2. The Morgan fingerprint density at radius 1 is 0.947 bits per heavy atom. The molecule has 1 aromatic carbocycles. The van der Waals surface area contributed by atoms with E-state index in [2.05, 4.69) is 15.0 Å². The highest BCUT2D eigenvalue weighted by molar-refractivity contribution is 5.45. The van der Waals surface area contributed by atoms with Crippen molar-refractivity contribution in [3.8, 4) is 17.8 Å². The van der Waals surface area contributed by atoms with Gasteiger partial charge in [-0.05, 0) is 37.5 Å². The van der Waals surface area contributed by atoms with Crippen molar-refractivity contribution in [2.24, 2.45) is 0 Å². The maximum Gasteiger partial charge on any atom is 0.330 e. The van der Waals surface area contributed by atoms with Crippen molar-refractivity contribution in [1.82, 2.24) is 15.0 Å². The first kappa shape index (κ1) is 13.1. The molecule has 1 aromatic heterocycles. The van der Waals surface area contributed by atoms with Crippen molar-refractivity contribution in [3.63, 3.8) is 0 Å². The standard InChI is InChI=1S/C13H16N4O2/c1-7-5-6-8(2)10(9(7)3)19-13-16-11(14)15-12(17-13)18-4/h5-6H,1-4H3,(H2,14,15,16,17). The summed E-state index contributed by atoms with van der Waals surface area (Å²) in [5.41, 5.74) is 8.75. The molecule has 0 radical (unpaired) electrons. The van der Waals surface area contributed by atoms with Gasteiger partial charge in [0.2, 0.25) is 5.95 Å². The Hall–Kier alpha value is -2.37. The molecule has 19 heavy (non-hydrogen) atoms. The van der Waals surface area contributed by atoms with Crippen LogP contribution in [0.1, 0.15) is 16.7 Å². The van der Waals surface area contributed by atoms with E-state index in [1.54, 1.807) is 0 Å². The Kier molecular flexibility index (Phi) is 3.50. The fourth-order valence-corrected chi connectivity index (χ4v) is 1.66. The van der Waals surface area contributed by atoms with Crippen LogP contribution in [0.2, 0.25) is 0 Å². The summed E-state index contributed by atoms with van der Waals surface area (Å²) in [4.78, 5) is 11.8. The molecule has 0 aliphatic heterocycles. The van der Waals surface area contributed by atoms with Crippen LogP contribution >= 0.6 is 0 Å². The van der Waals surface area contributed by atoms with Crippen molar-refractivity contribution in [3.05, 3.63) is 28.8 Å². The Bertz CT molecular complexity index is 614. The summed E-state index contributed by atoms with van der Waals surface area (Å²) in [7, 11) is 1.46. The van der Waals surface area contributed by atoms with Crippen LogP contribution in [0.4, 0.5) is 5.95 Å². The second-order valence-corrected chi connectivity index (χ2v) is 4.22. The molecule has 0 atom stereocenters. The average molecular weight is 260 g/mol. The number of hydrogen-bond acceptors (Lipinski definition) is 6. The SMILES string of the molecule is COc1nc(N)nc(Oc2c(C)ccc(C)c2C)n1. The molecule has 2 aromatic rings. The van der Waals surface area contributed by atoms with E-state index in [0.29, 0.717) is 0 Å². The number of methoxy groups -OCH3 is 1. The van der Waals surface area contributed by atoms with E-state index in [1.165, 1.54) is 7.11 Å². The Morgan fingerprint density at radius 2 is 1.58 bits per heavy atom. The van der Waals surface area contributed by atoms with Gasteiger partial charge >= 0.3 is 12.0 Å². The second kappa shape index (κ2) is 5.09. The van der Waals surface area contributed by atoms with Gasteiger partial charge in [0.05, 0.1) is 7.11 Å². The van der Waals surface area contributed by atoms with Gasteiger partial charge in [0.25, 0.3) is 0 Å². The highest BCUT2D eigenvalue weighted by Crippen LogP contribution is 2.29. The molecule has 0 spiro atoms. The lowest BCUT2D eigenvalue weighted by molar-refractivity contribution is 0.359. The second-order valence-electron chi connectivity index (χ2n) is 4.22.